The molecule has 0 heterocycles. The molecule has 0 atom stereocenters. The molecule has 1 aromatic rings. The Labute approximate surface area is 72.3 Å². The summed E-state index contributed by atoms with van der Waals surface area (Å²) in [5, 5.41) is 0. The highest BCUT2D eigenvalue weighted by molar-refractivity contribution is 6.17. The lowest BCUT2D eigenvalue weighted by Gasteiger charge is -1.99. The first-order valence-corrected chi connectivity index (χ1v) is 3.25. The Morgan fingerprint density at radius 2 is 2.08 bits per heavy atom. The molecular formula is C9H8FNO. The second-order valence-corrected chi connectivity index (χ2v) is 2.25. The first kappa shape index (κ1) is 5.94. The molecule has 0 saturated heterocycles. The topological polar surface area (TPSA) is 43.1 Å². The van der Waals surface area contributed by atoms with Gasteiger partial charge in [0.2, 0.25) is 5.91 Å². The van der Waals surface area contributed by atoms with Crippen LogP contribution in [0.5, 0.6) is 0 Å². The van der Waals surface area contributed by atoms with E-state index in [1.165, 1.54) is 12.1 Å². The number of carbonyl (C=O) groups is 1. The number of carbonyl (C=O) groups excluding carboxylic acids is 1. The van der Waals surface area contributed by atoms with Gasteiger partial charge >= 0.3 is 0 Å². The van der Waals surface area contributed by atoms with Crippen molar-refractivity contribution >= 4 is 11.5 Å². The van der Waals surface area contributed by atoms with Crippen LogP contribution in [0.2, 0.25) is 0 Å². The maximum atomic E-state index is 12.5. The van der Waals surface area contributed by atoms with Crippen molar-refractivity contribution in [1.29, 1.82) is 0 Å². The van der Waals surface area contributed by atoms with Crippen molar-refractivity contribution in [2.75, 3.05) is 0 Å². The van der Waals surface area contributed by atoms with Crippen LogP contribution in [0.4, 0.5) is 4.39 Å². The van der Waals surface area contributed by atoms with Gasteiger partial charge in [0.05, 0.1) is 2.74 Å². The number of halogens is 1. The summed E-state index contributed by atoms with van der Waals surface area (Å²) in [5.74, 6) is -1.31. The first-order chi connectivity index (χ1) is 6.52. The lowest BCUT2D eigenvalue weighted by molar-refractivity contribution is -0.112. The van der Waals surface area contributed by atoms with Crippen LogP contribution < -0.4 is 5.73 Å². The van der Waals surface area contributed by atoms with E-state index in [-0.39, 0.29) is 11.1 Å². The van der Waals surface area contributed by atoms with Gasteiger partial charge in [0, 0.05) is 5.57 Å². The summed E-state index contributed by atoms with van der Waals surface area (Å²) in [6.07, 6.45) is 0. The number of amides is 1. The number of hydrogen-bond acceptors (Lipinski definition) is 1. The summed E-state index contributed by atoms with van der Waals surface area (Å²) in [5.41, 5.74) is 5.04. The monoisotopic (exact) mass is 167 g/mol. The average molecular weight is 167 g/mol. The zero-order valence-electron chi connectivity index (χ0n) is 8.17. The van der Waals surface area contributed by atoms with Gasteiger partial charge in [-0.25, -0.2) is 4.39 Å². The van der Waals surface area contributed by atoms with Gasteiger partial charge in [0.25, 0.3) is 0 Å². The third kappa shape index (κ3) is 1.69. The van der Waals surface area contributed by atoms with E-state index in [9.17, 15) is 9.18 Å². The van der Waals surface area contributed by atoms with Crippen LogP contribution in [0.15, 0.2) is 30.8 Å². The van der Waals surface area contributed by atoms with E-state index in [1.807, 2.05) is 0 Å². The summed E-state index contributed by atoms with van der Waals surface area (Å²) in [6.45, 7) is -0.677. The maximum Gasteiger partial charge on any atom is 0.248 e. The van der Waals surface area contributed by atoms with E-state index in [0.29, 0.717) is 0 Å². The molecule has 1 amide bonds. The number of benzene rings is 1. The largest absolute Gasteiger partial charge is 0.366 e. The van der Waals surface area contributed by atoms with Gasteiger partial charge in [-0.1, -0.05) is 18.7 Å². The van der Waals surface area contributed by atoms with Gasteiger partial charge < -0.3 is 5.73 Å². The maximum absolute atomic E-state index is 12.5. The van der Waals surface area contributed by atoms with Crippen LogP contribution in [-0.4, -0.2) is 5.91 Å². The molecule has 2 N–H and O–H groups in total. The predicted molar refractivity (Wildman–Crippen MR) is 44.6 cm³/mol. The fraction of sp³-hybridized carbons (Fsp3) is 0. The molecule has 0 aromatic heterocycles. The third-order valence-corrected chi connectivity index (χ3v) is 1.38. The van der Waals surface area contributed by atoms with E-state index in [2.05, 4.69) is 0 Å². The molecule has 0 radical (unpaired) electrons. The predicted octanol–water partition coefficient (Wildman–Crippen LogP) is 1.32. The van der Waals surface area contributed by atoms with Crippen molar-refractivity contribution in [3.8, 4) is 0 Å². The second kappa shape index (κ2) is 3.17. The van der Waals surface area contributed by atoms with Crippen molar-refractivity contribution in [3.63, 3.8) is 0 Å². The highest BCUT2D eigenvalue weighted by Crippen LogP contribution is 2.11. The Hall–Kier alpha value is -1.64. The molecule has 2 nitrogen and oxygen atoms in total. The molecule has 0 aliphatic heterocycles. The average Bonchev–Trinajstić information content (AvgIpc) is 2.07. The Bertz CT molecular complexity index is 382. The summed E-state index contributed by atoms with van der Waals surface area (Å²) in [7, 11) is 0. The number of nitrogens with two attached hydrogens (primary N) is 1. The fourth-order valence-corrected chi connectivity index (χ4v) is 0.759. The van der Waals surface area contributed by atoms with E-state index >= 15 is 0 Å². The highest BCUT2D eigenvalue weighted by atomic mass is 19.1. The normalized spacial score (nSPS) is 11.4. The van der Waals surface area contributed by atoms with Crippen LogP contribution in [0.3, 0.4) is 0 Å². The standard InChI is InChI=1S/C9H8FNO/c1-6(9(11)12)7-2-4-8(10)5-3-7/h2-5H,1H2,(H2,11,12)/i1D2. The van der Waals surface area contributed by atoms with Gasteiger partial charge in [-0.05, 0) is 17.7 Å². The number of primary amides is 1. The van der Waals surface area contributed by atoms with Gasteiger partial charge in [-0.3, -0.25) is 4.79 Å². The van der Waals surface area contributed by atoms with E-state index in [0.717, 1.165) is 12.1 Å². The quantitative estimate of drug-likeness (QED) is 0.663. The Morgan fingerprint density at radius 1 is 1.50 bits per heavy atom. The van der Waals surface area contributed by atoms with E-state index < -0.39 is 18.3 Å². The fourth-order valence-electron chi connectivity index (χ4n) is 0.759. The van der Waals surface area contributed by atoms with Gasteiger partial charge in [-0.2, -0.15) is 0 Å². The molecule has 12 heavy (non-hydrogen) atoms. The van der Waals surface area contributed by atoms with Gasteiger partial charge in [0.15, 0.2) is 0 Å². The minimum Gasteiger partial charge on any atom is -0.366 e. The van der Waals surface area contributed by atoms with Crippen LogP contribution in [0.1, 0.15) is 8.30 Å². The van der Waals surface area contributed by atoms with Gasteiger partial charge in [0.1, 0.15) is 5.82 Å². The molecular weight excluding hydrogens is 157 g/mol. The molecule has 0 unspecified atom stereocenters. The molecule has 1 rings (SSSR count). The molecule has 0 aliphatic rings. The Morgan fingerprint density at radius 3 is 2.50 bits per heavy atom. The lowest BCUT2D eigenvalue weighted by atomic mass is 10.1. The Kier molecular flexibility index (Phi) is 1.57. The number of rotatable bonds is 2. The van der Waals surface area contributed by atoms with Crippen LogP contribution >= 0.6 is 0 Å². The summed E-state index contributed by atoms with van der Waals surface area (Å²) in [6, 6.07) is 4.89. The van der Waals surface area contributed by atoms with Crippen molar-refractivity contribution in [2.24, 2.45) is 5.73 Å². The van der Waals surface area contributed by atoms with E-state index in [1.54, 1.807) is 0 Å². The summed E-state index contributed by atoms with van der Waals surface area (Å²) >= 11 is 0. The molecule has 0 aliphatic carbocycles. The van der Waals surface area contributed by atoms with Crippen LogP contribution in [0.25, 0.3) is 5.57 Å². The van der Waals surface area contributed by atoms with Crippen molar-refractivity contribution in [2.45, 2.75) is 0 Å². The van der Waals surface area contributed by atoms with Gasteiger partial charge in [-0.15, -0.1) is 0 Å². The first-order valence-electron chi connectivity index (χ1n) is 4.25. The molecule has 62 valence electrons. The molecule has 3 heteroatoms. The van der Waals surface area contributed by atoms with Crippen LogP contribution in [-0.2, 0) is 4.79 Å². The summed E-state index contributed by atoms with van der Waals surface area (Å²) in [4.78, 5) is 10.9. The van der Waals surface area contributed by atoms with Crippen molar-refractivity contribution in [1.82, 2.24) is 0 Å². The molecule has 0 bridgehead atoms. The smallest absolute Gasteiger partial charge is 0.248 e. The lowest BCUT2D eigenvalue weighted by Crippen LogP contribution is -2.11. The SMILES string of the molecule is [2H]C([2H])=C(C(N)=O)c1ccc(F)cc1. The highest BCUT2D eigenvalue weighted by Gasteiger charge is 2.03. The zero-order chi connectivity index (χ0) is 10.7. The molecule has 0 fully saturated rings. The summed E-state index contributed by atoms with van der Waals surface area (Å²) < 4.78 is 26.5. The molecule has 0 spiro atoms. The minimum atomic E-state index is -0.864. The molecule has 1 aromatic carbocycles. The van der Waals surface area contributed by atoms with E-state index in [4.69, 9.17) is 8.48 Å². The molecule has 0 saturated carbocycles. The van der Waals surface area contributed by atoms with Crippen LogP contribution in [0, 0.1) is 5.82 Å². The Balaban J connectivity index is 3.21. The van der Waals surface area contributed by atoms with Crippen molar-refractivity contribution in [3.05, 3.63) is 42.2 Å². The van der Waals surface area contributed by atoms with Crippen molar-refractivity contribution < 1.29 is 11.9 Å². The number of hydrogen-bond donors (Lipinski definition) is 1. The minimum absolute atomic E-state index is 0.218. The second-order valence-electron chi connectivity index (χ2n) is 2.25. The zero-order valence-corrected chi connectivity index (χ0v) is 6.17. The third-order valence-electron chi connectivity index (χ3n) is 1.38.